The van der Waals surface area contributed by atoms with Gasteiger partial charge < -0.3 is 20.0 Å². The first-order chi connectivity index (χ1) is 11.6. The molecule has 1 aromatic heterocycles. The molecule has 0 spiro atoms. The molecule has 1 aromatic carbocycles. The summed E-state index contributed by atoms with van der Waals surface area (Å²) in [5.41, 5.74) is 1.94. The summed E-state index contributed by atoms with van der Waals surface area (Å²) in [4.78, 5) is 26.0. The topological polar surface area (TPSA) is 74.6 Å². The van der Waals surface area contributed by atoms with Crippen molar-refractivity contribution in [3.63, 3.8) is 0 Å². The van der Waals surface area contributed by atoms with Gasteiger partial charge in [-0.3, -0.25) is 4.79 Å². The Morgan fingerprint density at radius 1 is 1.12 bits per heavy atom. The summed E-state index contributed by atoms with van der Waals surface area (Å²) in [5.74, 6) is 0.108. The monoisotopic (exact) mass is 327 g/mol. The van der Waals surface area contributed by atoms with Crippen molar-refractivity contribution < 1.29 is 14.0 Å². The lowest BCUT2D eigenvalue weighted by atomic mass is 10.1. The Bertz CT molecular complexity index is 687. The molecule has 0 bridgehead atoms. The van der Waals surface area contributed by atoms with Crippen molar-refractivity contribution in [2.75, 3.05) is 18.4 Å². The van der Waals surface area contributed by atoms with Crippen molar-refractivity contribution in [2.24, 2.45) is 0 Å². The quantitative estimate of drug-likeness (QED) is 0.910. The van der Waals surface area contributed by atoms with E-state index in [1.54, 1.807) is 17.0 Å². The highest BCUT2D eigenvalue weighted by Crippen LogP contribution is 2.14. The highest BCUT2D eigenvalue weighted by atomic mass is 16.3. The summed E-state index contributed by atoms with van der Waals surface area (Å²) in [5, 5.41) is 5.85. The van der Waals surface area contributed by atoms with Gasteiger partial charge in [0.15, 0.2) is 5.76 Å². The molecule has 0 atom stereocenters. The Kier molecular flexibility index (Phi) is 4.84. The summed E-state index contributed by atoms with van der Waals surface area (Å²) in [6.45, 7) is 3.23. The Hall–Kier alpha value is -2.76. The molecule has 3 amide bonds. The van der Waals surface area contributed by atoms with Crippen molar-refractivity contribution in [1.82, 2.24) is 10.2 Å². The number of furan rings is 1. The average Bonchev–Trinajstić information content (AvgIpc) is 3.12. The van der Waals surface area contributed by atoms with Crippen LogP contribution in [0.4, 0.5) is 10.5 Å². The minimum atomic E-state index is -0.206. The van der Waals surface area contributed by atoms with Crippen molar-refractivity contribution in [3.8, 4) is 0 Å². The first-order valence-corrected chi connectivity index (χ1v) is 8.09. The van der Waals surface area contributed by atoms with E-state index in [-0.39, 0.29) is 18.0 Å². The Balaban J connectivity index is 1.47. The van der Waals surface area contributed by atoms with Crippen molar-refractivity contribution in [3.05, 3.63) is 54.0 Å². The maximum absolute atomic E-state index is 12.3. The van der Waals surface area contributed by atoms with Crippen molar-refractivity contribution in [1.29, 1.82) is 0 Å². The van der Waals surface area contributed by atoms with E-state index in [1.165, 1.54) is 6.26 Å². The number of piperidine rings is 1. The van der Waals surface area contributed by atoms with Gasteiger partial charge in [0.05, 0.1) is 6.26 Å². The number of hydrogen-bond acceptors (Lipinski definition) is 3. The zero-order valence-electron chi connectivity index (χ0n) is 13.6. The third-order valence-corrected chi connectivity index (χ3v) is 4.17. The van der Waals surface area contributed by atoms with Gasteiger partial charge in [-0.1, -0.05) is 17.7 Å². The average molecular weight is 327 g/mol. The van der Waals surface area contributed by atoms with E-state index in [2.05, 4.69) is 10.6 Å². The molecular weight excluding hydrogens is 306 g/mol. The van der Waals surface area contributed by atoms with Crippen LogP contribution in [0.15, 0.2) is 47.1 Å². The second-order valence-electron chi connectivity index (χ2n) is 6.01. The van der Waals surface area contributed by atoms with Gasteiger partial charge in [-0.05, 0) is 44.0 Å². The summed E-state index contributed by atoms with van der Waals surface area (Å²) in [6, 6.07) is 11.0. The number of amides is 3. The van der Waals surface area contributed by atoms with Crippen molar-refractivity contribution >= 4 is 17.6 Å². The molecule has 1 saturated heterocycles. The maximum atomic E-state index is 12.3. The SMILES string of the molecule is Cc1ccc(NC(=O)N2CCC(NC(=O)c3ccco3)CC2)cc1. The lowest BCUT2D eigenvalue weighted by molar-refractivity contribution is 0.0891. The van der Waals surface area contributed by atoms with Crippen LogP contribution in [0.25, 0.3) is 0 Å². The van der Waals surface area contributed by atoms with Crippen LogP contribution in [-0.4, -0.2) is 36.0 Å². The number of hydrogen-bond donors (Lipinski definition) is 2. The minimum Gasteiger partial charge on any atom is -0.459 e. The molecule has 1 aliphatic rings. The van der Waals surface area contributed by atoms with Crippen LogP contribution in [0.2, 0.25) is 0 Å². The van der Waals surface area contributed by atoms with Gasteiger partial charge in [-0.25, -0.2) is 4.79 Å². The fourth-order valence-electron chi connectivity index (χ4n) is 2.73. The zero-order chi connectivity index (χ0) is 16.9. The molecule has 6 heteroatoms. The van der Waals surface area contributed by atoms with E-state index in [4.69, 9.17) is 4.42 Å². The highest BCUT2D eigenvalue weighted by molar-refractivity contribution is 5.91. The molecule has 6 nitrogen and oxygen atoms in total. The van der Waals surface area contributed by atoms with Crippen molar-refractivity contribution in [2.45, 2.75) is 25.8 Å². The molecule has 0 radical (unpaired) electrons. The van der Waals surface area contributed by atoms with E-state index < -0.39 is 0 Å². The third-order valence-electron chi connectivity index (χ3n) is 4.17. The van der Waals surface area contributed by atoms with Crippen LogP contribution < -0.4 is 10.6 Å². The van der Waals surface area contributed by atoms with Crippen LogP contribution in [0.5, 0.6) is 0 Å². The molecule has 0 aliphatic carbocycles. The minimum absolute atomic E-state index is 0.0611. The standard InChI is InChI=1S/C18H21N3O3/c1-13-4-6-14(7-5-13)20-18(23)21-10-8-15(9-11-21)19-17(22)16-3-2-12-24-16/h2-7,12,15H,8-11H2,1H3,(H,19,22)(H,20,23). The molecule has 126 valence electrons. The number of aryl methyl sites for hydroxylation is 1. The molecule has 0 saturated carbocycles. The summed E-state index contributed by atoms with van der Waals surface area (Å²) >= 11 is 0. The van der Waals surface area contributed by atoms with Gasteiger partial charge in [-0.15, -0.1) is 0 Å². The second kappa shape index (κ2) is 7.21. The van der Waals surface area contributed by atoms with E-state index in [1.807, 2.05) is 31.2 Å². The number of nitrogens with zero attached hydrogens (tertiary/aromatic N) is 1. The van der Waals surface area contributed by atoms with Crippen LogP contribution in [-0.2, 0) is 0 Å². The molecule has 2 N–H and O–H groups in total. The van der Waals surface area contributed by atoms with Gasteiger partial charge >= 0.3 is 6.03 Å². The van der Waals surface area contributed by atoms with Gasteiger partial charge in [0.2, 0.25) is 0 Å². The molecule has 24 heavy (non-hydrogen) atoms. The Labute approximate surface area is 140 Å². The van der Waals surface area contributed by atoms with Gasteiger partial charge in [0.25, 0.3) is 5.91 Å². The number of nitrogens with one attached hydrogen (secondary N) is 2. The highest BCUT2D eigenvalue weighted by Gasteiger charge is 2.24. The number of urea groups is 1. The number of carbonyl (C=O) groups excluding carboxylic acids is 2. The fourth-order valence-corrected chi connectivity index (χ4v) is 2.73. The summed E-state index contributed by atoms with van der Waals surface area (Å²) in [7, 11) is 0. The predicted octanol–water partition coefficient (Wildman–Crippen LogP) is 3.01. The number of carbonyl (C=O) groups is 2. The first kappa shape index (κ1) is 16.1. The van der Waals surface area contributed by atoms with Crippen LogP contribution in [0.1, 0.15) is 29.0 Å². The second-order valence-corrected chi connectivity index (χ2v) is 6.01. The molecular formula is C18H21N3O3. The lowest BCUT2D eigenvalue weighted by Crippen LogP contribution is -2.47. The van der Waals surface area contributed by atoms with Crippen LogP contribution in [0.3, 0.4) is 0 Å². The van der Waals surface area contributed by atoms with Crippen LogP contribution >= 0.6 is 0 Å². The smallest absolute Gasteiger partial charge is 0.321 e. The third kappa shape index (κ3) is 3.95. The number of benzene rings is 1. The maximum Gasteiger partial charge on any atom is 0.321 e. The molecule has 0 unspecified atom stereocenters. The largest absolute Gasteiger partial charge is 0.459 e. The predicted molar refractivity (Wildman–Crippen MR) is 91.0 cm³/mol. The molecule has 1 aliphatic heterocycles. The first-order valence-electron chi connectivity index (χ1n) is 8.09. The normalized spacial score (nSPS) is 15.1. The molecule has 1 fully saturated rings. The number of likely N-dealkylation sites (tertiary alicyclic amines) is 1. The van der Waals surface area contributed by atoms with Gasteiger partial charge in [-0.2, -0.15) is 0 Å². The van der Waals surface area contributed by atoms with E-state index in [0.29, 0.717) is 18.8 Å². The Morgan fingerprint density at radius 3 is 2.46 bits per heavy atom. The summed E-state index contributed by atoms with van der Waals surface area (Å²) in [6.07, 6.45) is 2.94. The molecule has 2 aromatic rings. The zero-order valence-corrected chi connectivity index (χ0v) is 13.6. The summed E-state index contributed by atoms with van der Waals surface area (Å²) < 4.78 is 5.08. The fraction of sp³-hybridized carbons (Fsp3) is 0.333. The Morgan fingerprint density at radius 2 is 1.83 bits per heavy atom. The molecule has 2 heterocycles. The van der Waals surface area contributed by atoms with Crippen LogP contribution in [0, 0.1) is 6.92 Å². The van der Waals surface area contributed by atoms with Gasteiger partial charge in [0.1, 0.15) is 0 Å². The lowest BCUT2D eigenvalue weighted by Gasteiger charge is -2.32. The number of rotatable bonds is 3. The molecule has 3 rings (SSSR count). The van der Waals surface area contributed by atoms with Gasteiger partial charge in [0, 0.05) is 24.8 Å². The number of anilines is 1. The van der Waals surface area contributed by atoms with E-state index in [0.717, 1.165) is 24.1 Å². The van der Waals surface area contributed by atoms with E-state index >= 15 is 0 Å². The van der Waals surface area contributed by atoms with E-state index in [9.17, 15) is 9.59 Å².